The van der Waals surface area contributed by atoms with Crippen LogP contribution in [-0.2, 0) is 9.53 Å². The SMILES string of the molecule is CC1CN(CC(=O)Nc2c(C(C)C)cccc2C(C)C)CC(C)O1. The van der Waals surface area contributed by atoms with Gasteiger partial charge in [-0.1, -0.05) is 45.9 Å². The summed E-state index contributed by atoms with van der Waals surface area (Å²) in [6.07, 6.45) is 0.353. The molecule has 1 N–H and O–H groups in total. The van der Waals surface area contributed by atoms with Gasteiger partial charge in [0.25, 0.3) is 0 Å². The van der Waals surface area contributed by atoms with Gasteiger partial charge in [0.05, 0.1) is 18.8 Å². The molecular formula is C20H32N2O2. The number of rotatable bonds is 5. The lowest BCUT2D eigenvalue weighted by Gasteiger charge is -2.34. The lowest BCUT2D eigenvalue weighted by molar-refractivity contribution is -0.121. The molecule has 1 aliphatic rings. The molecule has 1 fully saturated rings. The third-order valence-electron chi connectivity index (χ3n) is 4.50. The van der Waals surface area contributed by atoms with Crippen LogP contribution in [0.1, 0.15) is 64.5 Å². The Balaban J connectivity index is 2.13. The van der Waals surface area contributed by atoms with Crippen LogP contribution in [0.3, 0.4) is 0 Å². The molecule has 1 aromatic carbocycles. The van der Waals surface area contributed by atoms with Crippen molar-refractivity contribution in [1.82, 2.24) is 4.90 Å². The van der Waals surface area contributed by atoms with Gasteiger partial charge < -0.3 is 10.1 Å². The number of hydrogen-bond acceptors (Lipinski definition) is 3. The average Bonchev–Trinajstić information content (AvgIpc) is 2.45. The van der Waals surface area contributed by atoms with Crippen molar-refractivity contribution in [3.8, 4) is 0 Å². The molecule has 1 heterocycles. The highest BCUT2D eigenvalue weighted by Crippen LogP contribution is 2.32. The first kappa shape index (κ1) is 18.9. The number of anilines is 1. The number of nitrogens with zero attached hydrogens (tertiary/aromatic N) is 1. The molecule has 4 nitrogen and oxygen atoms in total. The van der Waals surface area contributed by atoms with Gasteiger partial charge in [0.2, 0.25) is 5.91 Å². The second kappa shape index (κ2) is 8.13. The maximum atomic E-state index is 12.7. The molecule has 2 atom stereocenters. The molecule has 2 rings (SSSR count). The Morgan fingerprint density at radius 1 is 1.12 bits per heavy atom. The molecule has 0 radical (unpaired) electrons. The Bertz CT molecular complexity index is 533. The lowest BCUT2D eigenvalue weighted by Crippen LogP contribution is -2.48. The zero-order valence-electron chi connectivity index (χ0n) is 15.9. The smallest absolute Gasteiger partial charge is 0.238 e. The number of ether oxygens (including phenoxy) is 1. The number of hydrogen-bond donors (Lipinski definition) is 1. The van der Waals surface area contributed by atoms with Crippen LogP contribution in [0, 0.1) is 0 Å². The van der Waals surface area contributed by atoms with Crippen LogP contribution in [0.4, 0.5) is 5.69 Å². The molecule has 1 saturated heterocycles. The van der Waals surface area contributed by atoms with Gasteiger partial charge in [-0.3, -0.25) is 9.69 Å². The van der Waals surface area contributed by atoms with Crippen molar-refractivity contribution < 1.29 is 9.53 Å². The molecule has 1 aromatic rings. The van der Waals surface area contributed by atoms with E-state index in [1.54, 1.807) is 0 Å². The number of para-hydroxylation sites is 1. The van der Waals surface area contributed by atoms with Crippen molar-refractivity contribution in [1.29, 1.82) is 0 Å². The van der Waals surface area contributed by atoms with Crippen molar-refractivity contribution in [3.63, 3.8) is 0 Å². The lowest BCUT2D eigenvalue weighted by atomic mass is 9.92. The second-order valence-electron chi connectivity index (χ2n) is 7.62. The number of amides is 1. The minimum Gasteiger partial charge on any atom is -0.373 e. The van der Waals surface area contributed by atoms with Crippen LogP contribution in [0.25, 0.3) is 0 Å². The topological polar surface area (TPSA) is 41.6 Å². The third kappa shape index (κ3) is 4.81. The monoisotopic (exact) mass is 332 g/mol. The van der Waals surface area contributed by atoms with Gasteiger partial charge in [0.1, 0.15) is 0 Å². The van der Waals surface area contributed by atoms with Crippen LogP contribution in [0.15, 0.2) is 18.2 Å². The number of morpholine rings is 1. The van der Waals surface area contributed by atoms with E-state index in [1.807, 2.05) is 0 Å². The predicted octanol–water partition coefficient (Wildman–Crippen LogP) is 3.98. The van der Waals surface area contributed by atoms with E-state index in [2.05, 4.69) is 70.0 Å². The first-order valence-electron chi connectivity index (χ1n) is 9.08. The molecule has 1 amide bonds. The fourth-order valence-electron chi connectivity index (χ4n) is 3.49. The largest absolute Gasteiger partial charge is 0.373 e. The molecule has 0 spiro atoms. The summed E-state index contributed by atoms with van der Waals surface area (Å²) < 4.78 is 5.74. The Kier molecular flexibility index (Phi) is 6.41. The van der Waals surface area contributed by atoms with E-state index in [4.69, 9.17) is 4.74 Å². The van der Waals surface area contributed by atoms with Gasteiger partial charge in [-0.2, -0.15) is 0 Å². The fourth-order valence-corrected chi connectivity index (χ4v) is 3.49. The summed E-state index contributed by atoms with van der Waals surface area (Å²) in [5, 5.41) is 3.20. The predicted molar refractivity (Wildman–Crippen MR) is 99.7 cm³/mol. The van der Waals surface area contributed by atoms with E-state index in [9.17, 15) is 4.79 Å². The van der Waals surface area contributed by atoms with Gasteiger partial charge in [-0.05, 0) is 36.8 Å². The van der Waals surface area contributed by atoms with Crippen molar-refractivity contribution in [2.75, 3.05) is 25.0 Å². The highest BCUT2D eigenvalue weighted by molar-refractivity contribution is 5.94. The minimum atomic E-state index is 0.0614. The summed E-state index contributed by atoms with van der Waals surface area (Å²) in [7, 11) is 0. The van der Waals surface area contributed by atoms with Crippen molar-refractivity contribution in [2.45, 2.75) is 65.6 Å². The van der Waals surface area contributed by atoms with Gasteiger partial charge in [0, 0.05) is 18.8 Å². The Morgan fingerprint density at radius 3 is 2.08 bits per heavy atom. The van der Waals surface area contributed by atoms with Gasteiger partial charge in [-0.15, -0.1) is 0 Å². The zero-order chi connectivity index (χ0) is 17.9. The van der Waals surface area contributed by atoms with E-state index in [1.165, 1.54) is 11.1 Å². The maximum absolute atomic E-state index is 12.7. The standard InChI is InChI=1S/C20H32N2O2/c1-13(2)17-8-7-9-18(14(3)4)20(17)21-19(23)12-22-10-15(5)24-16(6)11-22/h7-9,13-16H,10-12H2,1-6H3,(H,21,23). The third-order valence-corrected chi connectivity index (χ3v) is 4.50. The molecule has 0 aromatic heterocycles. The highest BCUT2D eigenvalue weighted by Gasteiger charge is 2.24. The van der Waals surface area contributed by atoms with Crippen molar-refractivity contribution in [3.05, 3.63) is 29.3 Å². The summed E-state index contributed by atoms with van der Waals surface area (Å²) in [6.45, 7) is 14.8. The van der Waals surface area contributed by atoms with Crippen LogP contribution < -0.4 is 5.32 Å². The Hall–Kier alpha value is -1.39. The quantitative estimate of drug-likeness (QED) is 0.887. The molecule has 1 aliphatic heterocycles. The summed E-state index contributed by atoms with van der Waals surface area (Å²) in [6, 6.07) is 6.32. The Morgan fingerprint density at radius 2 is 1.62 bits per heavy atom. The van der Waals surface area contributed by atoms with Crippen molar-refractivity contribution in [2.24, 2.45) is 0 Å². The summed E-state index contributed by atoms with van der Waals surface area (Å²) in [5.41, 5.74) is 3.42. The van der Waals surface area contributed by atoms with E-state index in [0.29, 0.717) is 18.4 Å². The molecular weight excluding hydrogens is 300 g/mol. The summed E-state index contributed by atoms with van der Waals surface area (Å²) in [5.74, 6) is 0.816. The summed E-state index contributed by atoms with van der Waals surface area (Å²) >= 11 is 0. The van der Waals surface area contributed by atoms with Gasteiger partial charge >= 0.3 is 0 Å². The van der Waals surface area contributed by atoms with E-state index < -0.39 is 0 Å². The molecule has 24 heavy (non-hydrogen) atoms. The molecule has 0 bridgehead atoms. The van der Waals surface area contributed by atoms with Crippen LogP contribution in [0.5, 0.6) is 0 Å². The Labute approximate surface area is 146 Å². The maximum Gasteiger partial charge on any atom is 0.238 e. The fraction of sp³-hybridized carbons (Fsp3) is 0.650. The highest BCUT2D eigenvalue weighted by atomic mass is 16.5. The molecule has 0 saturated carbocycles. The molecule has 0 aliphatic carbocycles. The zero-order valence-corrected chi connectivity index (χ0v) is 15.9. The summed E-state index contributed by atoms with van der Waals surface area (Å²) in [4.78, 5) is 14.8. The van der Waals surface area contributed by atoms with Gasteiger partial charge in [0.15, 0.2) is 0 Å². The van der Waals surface area contributed by atoms with E-state index in [-0.39, 0.29) is 18.1 Å². The normalized spacial score (nSPS) is 22.2. The van der Waals surface area contributed by atoms with Crippen LogP contribution >= 0.6 is 0 Å². The number of nitrogens with one attached hydrogen (secondary N) is 1. The van der Waals surface area contributed by atoms with E-state index >= 15 is 0 Å². The number of benzene rings is 1. The number of carbonyl (C=O) groups is 1. The minimum absolute atomic E-state index is 0.0614. The molecule has 134 valence electrons. The van der Waals surface area contributed by atoms with E-state index in [0.717, 1.165) is 18.8 Å². The second-order valence-corrected chi connectivity index (χ2v) is 7.62. The van der Waals surface area contributed by atoms with Crippen LogP contribution in [0.2, 0.25) is 0 Å². The van der Waals surface area contributed by atoms with Crippen molar-refractivity contribution >= 4 is 11.6 Å². The van der Waals surface area contributed by atoms with Crippen LogP contribution in [-0.4, -0.2) is 42.6 Å². The molecule has 2 unspecified atom stereocenters. The first-order chi connectivity index (χ1) is 11.3. The average molecular weight is 332 g/mol. The first-order valence-corrected chi connectivity index (χ1v) is 9.08. The number of carbonyl (C=O) groups excluding carboxylic acids is 1. The van der Waals surface area contributed by atoms with Gasteiger partial charge in [-0.25, -0.2) is 0 Å². The molecule has 4 heteroatoms.